The minimum absolute atomic E-state index is 0.102. The minimum atomic E-state index is 0.102. The first-order valence-corrected chi connectivity index (χ1v) is 6.97. The first-order valence-electron chi connectivity index (χ1n) is 6.59. The maximum Gasteiger partial charge on any atom is 0.179 e. The second-order valence-electron chi connectivity index (χ2n) is 5.26. The van der Waals surface area contributed by atoms with Gasteiger partial charge >= 0.3 is 0 Å². The molecule has 0 atom stereocenters. The van der Waals surface area contributed by atoms with Crippen LogP contribution in [0.5, 0.6) is 11.5 Å². The van der Waals surface area contributed by atoms with Gasteiger partial charge in [0, 0.05) is 12.1 Å². The fourth-order valence-electron chi connectivity index (χ4n) is 2.11. The quantitative estimate of drug-likeness (QED) is 0.820. The Morgan fingerprint density at radius 3 is 2.42 bits per heavy atom. The Hall–Kier alpha value is -0.930. The molecule has 0 fully saturated rings. The molecule has 0 aromatic heterocycles. The van der Waals surface area contributed by atoms with Gasteiger partial charge in [-0.2, -0.15) is 0 Å². The van der Waals surface area contributed by atoms with Gasteiger partial charge in [0.2, 0.25) is 0 Å². The minimum Gasteiger partial charge on any atom is -0.493 e. The van der Waals surface area contributed by atoms with E-state index in [0.717, 1.165) is 18.4 Å². The summed E-state index contributed by atoms with van der Waals surface area (Å²) in [5.74, 6) is 1.25. The van der Waals surface area contributed by atoms with Crippen LogP contribution in [0.2, 0.25) is 5.02 Å². The van der Waals surface area contributed by atoms with Crippen molar-refractivity contribution in [1.82, 2.24) is 5.32 Å². The molecule has 108 valence electrons. The zero-order valence-corrected chi connectivity index (χ0v) is 13.2. The monoisotopic (exact) mass is 285 g/mol. The molecule has 1 aromatic rings. The highest BCUT2D eigenvalue weighted by Crippen LogP contribution is 2.37. The summed E-state index contributed by atoms with van der Waals surface area (Å²) >= 11 is 6.35. The fourth-order valence-corrected chi connectivity index (χ4v) is 2.41. The molecule has 0 spiro atoms. The third kappa shape index (κ3) is 4.29. The Morgan fingerprint density at radius 2 is 1.89 bits per heavy atom. The molecule has 0 unspecified atom stereocenters. The van der Waals surface area contributed by atoms with Crippen LogP contribution in [0.25, 0.3) is 0 Å². The van der Waals surface area contributed by atoms with E-state index in [1.807, 2.05) is 12.1 Å². The number of rotatable bonds is 7. The van der Waals surface area contributed by atoms with Gasteiger partial charge < -0.3 is 14.8 Å². The molecular formula is C15H24ClNO2. The molecule has 19 heavy (non-hydrogen) atoms. The summed E-state index contributed by atoms with van der Waals surface area (Å²) in [6.45, 7) is 7.30. The highest BCUT2D eigenvalue weighted by Gasteiger charge is 2.18. The lowest BCUT2D eigenvalue weighted by Crippen LogP contribution is -2.38. The first-order chi connectivity index (χ1) is 8.95. The fraction of sp³-hybridized carbons (Fsp3) is 0.600. The van der Waals surface area contributed by atoms with E-state index in [9.17, 15) is 0 Å². The van der Waals surface area contributed by atoms with Crippen LogP contribution in [0.1, 0.15) is 39.2 Å². The van der Waals surface area contributed by atoms with Gasteiger partial charge in [-0.3, -0.25) is 0 Å². The van der Waals surface area contributed by atoms with E-state index in [-0.39, 0.29) is 5.54 Å². The summed E-state index contributed by atoms with van der Waals surface area (Å²) in [6.07, 6.45) is 2.28. The van der Waals surface area contributed by atoms with Gasteiger partial charge in [-0.15, -0.1) is 0 Å². The van der Waals surface area contributed by atoms with Crippen molar-refractivity contribution in [2.45, 2.75) is 45.7 Å². The Bertz CT molecular complexity index is 419. The van der Waals surface area contributed by atoms with Crippen molar-refractivity contribution >= 4 is 11.6 Å². The van der Waals surface area contributed by atoms with Crippen LogP contribution >= 0.6 is 11.6 Å². The first kappa shape index (κ1) is 16.1. The molecule has 0 bridgehead atoms. The van der Waals surface area contributed by atoms with E-state index in [4.69, 9.17) is 21.1 Å². The molecule has 0 saturated carbocycles. The molecule has 0 amide bonds. The maximum atomic E-state index is 6.35. The van der Waals surface area contributed by atoms with Crippen LogP contribution in [-0.4, -0.2) is 19.8 Å². The van der Waals surface area contributed by atoms with Gasteiger partial charge in [0.25, 0.3) is 0 Å². The lowest BCUT2D eigenvalue weighted by molar-refractivity contribution is 0.349. The summed E-state index contributed by atoms with van der Waals surface area (Å²) in [7, 11) is 3.21. The van der Waals surface area contributed by atoms with E-state index in [0.29, 0.717) is 23.1 Å². The Kier molecular flexibility index (Phi) is 5.95. The van der Waals surface area contributed by atoms with Crippen LogP contribution in [0.4, 0.5) is 0 Å². The second-order valence-corrected chi connectivity index (χ2v) is 5.64. The summed E-state index contributed by atoms with van der Waals surface area (Å²) in [4.78, 5) is 0. The summed E-state index contributed by atoms with van der Waals surface area (Å²) in [5, 5.41) is 4.14. The molecule has 1 rings (SSSR count). The topological polar surface area (TPSA) is 30.5 Å². The lowest BCUT2D eigenvalue weighted by Gasteiger charge is -2.26. The smallest absolute Gasteiger partial charge is 0.179 e. The summed E-state index contributed by atoms with van der Waals surface area (Å²) < 4.78 is 10.5. The Labute approximate surface area is 121 Å². The van der Waals surface area contributed by atoms with Crippen molar-refractivity contribution in [2.24, 2.45) is 0 Å². The van der Waals surface area contributed by atoms with Crippen molar-refractivity contribution < 1.29 is 9.47 Å². The van der Waals surface area contributed by atoms with Gasteiger partial charge in [0.1, 0.15) is 0 Å². The highest BCUT2D eigenvalue weighted by molar-refractivity contribution is 6.33. The van der Waals surface area contributed by atoms with Gasteiger partial charge in [-0.1, -0.05) is 31.0 Å². The number of nitrogens with one attached hydrogen (secondary N) is 1. The van der Waals surface area contributed by atoms with E-state index in [2.05, 4.69) is 26.1 Å². The third-order valence-corrected chi connectivity index (χ3v) is 3.61. The normalized spacial score (nSPS) is 11.5. The number of ether oxygens (including phenoxy) is 2. The Morgan fingerprint density at radius 1 is 1.21 bits per heavy atom. The molecular weight excluding hydrogens is 262 g/mol. The number of benzene rings is 1. The molecule has 4 heteroatoms. The van der Waals surface area contributed by atoms with Gasteiger partial charge in [-0.25, -0.2) is 0 Å². The molecule has 0 radical (unpaired) electrons. The number of methoxy groups -OCH3 is 2. The largest absolute Gasteiger partial charge is 0.493 e. The summed E-state index contributed by atoms with van der Waals surface area (Å²) in [5.41, 5.74) is 1.12. The predicted octanol–water partition coefficient (Wildman–Crippen LogP) is 4.03. The Balaban J connectivity index is 2.85. The van der Waals surface area contributed by atoms with Crippen LogP contribution in [0, 0.1) is 0 Å². The molecule has 0 heterocycles. The van der Waals surface area contributed by atoms with E-state index >= 15 is 0 Å². The number of hydrogen-bond donors (Lipinski definition) is 1. The molecule has 0 aliphatic carbocycles. The molecule has 0 aliphatic rings. The van der Waals surface area contributed by atoms with E-state index in [1.165, 1.54) is 0 Å². The van der Waals surface area contributed by atoms with Crippen molar-refractivity contribution in [3.05, 3.63) is 22.7 Å². The van der Waals surface area contributed by atoms with E-state index < -0.39 is 0 Å². The number of hydrogen-bond acceptors (Lipinski definition) is 3. The van der Waals surface area contributed by atoms with Crippen LogP contribution in [-0.2, 0) is 6.54 Å². The zero-order valence-electron chi connectivity index (χ0n) is 12.5. The molecule has 0 saturated heterocycles. The molecule has 0 aliphatic heterocycles. The SMILES string of the molecule is CCCC(C)(C)NCc1ccc(OC)c(OC)c1Cl. The maximum absolute atomic E-state index is 6.35. The second kappa shape index (κ2) is 7.01. The van der Waals surface area contributed by atoms with Gasteiger partial charge in [0.15, 0.2) is 11.5 Å². The average Bonchev–Trinajstić information content (AvgIpc) is 2.36. The third-order valence-electron chi connectivity index (χ3n) is 3.20. The van der Waals surface area contributed by atoms with Gasteiger partial charge in [-0.05, 0) is 31.9 Å². The van der Waals surface area contributed by atoms with Crippen molar-refractivity contribution in [1.29, 1.82) is 0 Å². The van der Waals surface area contributed by atoms with Crippen molar-refractivity contribution in [2.75, 3.05) is 14.2 Å². The lowest BCUT2D eigenvalue weighted by atomic mass is 9.98. The highest BCUT2D eigenvalue weighted by atomic mass is 35.5. The van der Waals surface area contributed by atoms with E-state index in [1.54, 1.807) is 14.2 Å². The van der Waals surface area contributed by atoms with Gasteiger partial charge in [0.05, 0.1) is 19.2 Å². The van der Waals surface area contributed by atoms with Crippen LogP contribution in [0.3, 0.4) is 0 Å². The molecule has 1 N–H and O–H groups in total. The summed E-state index contributed by atoms with van der Waals surface area (Å²) in [6, 6.07) is 3.85. The standard InChI is InChI=1S/C15H24ClNO2/c1-6-9-15(2,3)17-10-11-7-8-12(18-4)14(19-5)13(11)16/h7-8,17H,6,9-10H2,1-5H3. The molecule has 3 nitrogen and oxygen atoms in total. The van der Waals surface area contributed by atoms with Crippen LogP contribution in [0.15, 0.2) is 12.1 Å². The van der Waals surface area contributed by atoms with Crippen molar-refractivity contribution in [3.8, 4) is 11.5 Å². The average molecular weight is 286 g/mol. The molecule has 1 aromatic carbocycles. The van der Waals surface area contributed by atoms with Crippen molar-refractivity contribution in [3.63, 3.8) is 0 Å². The number of halogens is 1. The van der Waals surface area contributed by atoms with Crippen LogP contribution < -0.4 is 14.8 Å². The predicted molar refractivity (Wildman–Crippen MR) is 80.4 cm³/mol. The zero-order chi connectivity index (χ0) is 14.5.